The first kappa shape index (κ1) is 19.1. The highest BCUT2D eigenvalue weighted by Gasteiger charge is 2.11. The Morgan fingerprint density at radius 2 is 2.22 bits per heavy atom. The highest BCUT2D eigenvalue weighted by Crippen LogP contribution is 2.19. The van der Waals surface area contributed by atoms with Crippen LogP contribution in [0.2, 0.25) is 0 Å². The molecule has 0 aliphatic rings. The Morgan fingerprint density at radius 1 is 1.43 bits per heavy atom. The van der Waals surface area contributed by atoms with Gasteiger partial charge in [0.25, 0.3) is 0 Å². The molecule has 3 N–H and O–H groups in total. The predicted molar refractivity (Wildman–Crippen MR) is 86.7 cm³/mol. The maximum atomic E-state index is 13.5. The third-order valence-corrected chi connectivity index (χ3v) is 3.17. The van der Waals surface area contributed by atoms with Gasteiger partial charge in [-0.2, -0.15) is 4.98 Å². The van der Waals surface area contributed by atoms with Gasteiger partial charge in [0, 0.05) is 24.9 Å². The molecule has 1 aromatic heterocycles. The maximum absolute atomic E-state index is 13.5. The highest BCUT2D eigenvalue weighted by molar-refractivity contribution is 5.85. The number of nitrogens with one attached hydrogen (secondary N) is 1. The van der Waals surface area contributed by atoms with Crippen molar-refractivity contribution in [3.05, 3.63) is 35.5 Å². The Morgan fingerprint density at radius 3 is 2.91 bits per heavy atom. The summed E-state index contributed by atoms with van der Waals surface area (Å²) in [6, 6.07) is 4.75. The number of carbonyl (C=O) groups excluding carboxylic acids is 1. The molecule has 0 aliphatic carbocycles. The third-order valence-electron chi connectivity index (χ3n) is 3.17. The molecule has 6 nitrogen and oxygen atoms in total. The second kappa shape index (κ2) is 9.22. The van der Waals surface area contributed by atoms with Crippen LogP contribution in [0.3, 0.4) is 0 Å². The van der Waals surface area contributed by atoms with Crippen molar-refractivity contribution in [2.24, 2.45) is 5.73 Å². The SMILES string of the molecule is Cc1ccc(-c2noc(CCC(=O)NCCCN)n2)cc1F.Cl. The van der Waals surface area contributed by atoms with Crippen LogP contribution in [0.4, 0.5) is 4.39 Å². The quantitative estimate of drug-likeness (QED) is 0.750. The zero-order valence-electron chi connectivity index (χ0n) is 12.8. The largest absolute Gasteiger partial charge is 0.356 e. The lowest BCUT2D eigenvalue weighted by Gasteiger charge is -2.01. The fourth-order valence-corrected chi connectivity index (χ4v) is 1.84. The summed E-state index contributed by atoms with van der Waals surface area (Å²) in [6.07, 6.45) is 1.35. The molecule has 1 heterocycles. The van der Waals surface area contributed by atoms with Gasteiger partial charge in [0.15, 0.2) is 0 Å². The van der Waals surface area contributed by atoms with Gasteiger partial charge in [0.2, 0.25) is 17.6 Å². The first-order valence-corrected chi connectivity index (χ1v) is 7.16. The predicted octanol–water partition coefficient (Wildman–Crippen LogP) is 2.00. The summed E-state index contributed by atoms with van der Waals surface area (Å²) in [5.74, 6) is 0.264. The van der Waals surface area contributed by atoms with E-state index in [1.807, 2.05) is 0 Å². The monoisotopic (exact) mass is 342 g/mol. The lowest BCUT2D eigenvalue weighted by molar-refractivity contribution is -0.121. The second-order valence-electron chi connectivity index (χ2n) is 4.97. The zero-order valence-corrected chi connectivity index (χ0v) is 13.7. The van der Waals surface area contributed by atoms with Crippen LogP contribution in [0.5, 0.6) is 0 Å². The van der Waals surface area contributed by atoms with Crippen molar-refractivity contribution in [1.82, 2.24) is 15.5 Å². The van der Waals surface area contributed by atoms with Gasteiger partial charge >= 0.3 is 0 Å². The van der Waals surface area contributed by atoms with Gasteiger partial charge in [-0.15, -0.1) is 12.4 Å². The van der Waals surface area contributed by atoms with E-state index in [0.29, 0.717) is 42.4 Å². The standard InChI is InChI=1S/C15H19FN4O2.ClH/c1-10-3-4-11(9-12(10)16)15-19-14(22-20-15)6-5-13(21)18-8-2-7-17;/h3-4,9H,2,5-8,17H2,1H3,(H,18,21);1H. The topological polar surface area (TPSA) is 94.0 Å². The van der Waals surface area contributed by atoms with E-state index in [4.69, 9.17) is 10.3 Å². The fourth-order valence-electron chi connectivity index (χ4n) is 1.84. The molecule has 0 aliphatic heterocycles. The summed E-state index contributed by atoms with van der Waals surface area (Å²) in [5.41, 5.74) is 6.45. The minimum absolute atomic E-state index is 0. The number of benzene rings is 1. The molecule has 126 valence electrons. The van der Waals surface area contributed by atoms with E-state index in [0.717, 1.165) is 6.42 Å². The average Bonchev–Trinajstić information content (AvgIpc) is 2.97. The van der Waals surface area contributed by atoms with E-state index in [-0.39, 0.29) is 30.6 Å². The second-order valence-corrected chi connectivity index (χ2v) is 4.97. The third kappa shape index (κ3) is 5.61. The van der Waals surface area contributed by atoms with E-state index in [1.54, 1.807) is 19.1 Å². The number of aryl methyl sites for hydroxylation is 2. The van der Waals surface area contributed by atoms with Gasteiger partial charge in [-0.05, 0) is 31.5 Å². The van der Waals surface area contributed by atoms with Crippen molar-refractivity contribution in [3.8, 4) is 11.4 Å². The molecule has 8 heteroatoms. The van der Waals surface area contributed by atoms with Crippen LogP contribution in [-0.4, -0.2) is 29.1 Å². The number of rotatable bonds is 7. The van der Waals surface area contributed by atoms with Crippen LogP contribution in [0.1, 0.15) is 24.3 Å². The van der Waals surface area contributed by atoms with Gasteiger partial charge in [-0.25, -0.2) is 4.39 Å². The molecule has 0 spiro atoms. The Balaban J connectivity index is 0.00000264. The molecule has 2 aromatic rings. The van der Waals surface area contributed by atoms with E-state index >= 15 is 0 Å². The molecular weight excluding hydrogens is 323 g/mol. The maximum Gasteiger partial charge on any atom is 0.227 e. The smallest absolute Gasteiger partial charge is 0.227 e. The number of halogens is 2. The first-order chi connectivity index (χ1) is 10.6. The van der Waals surface area contributed by atoms with Gasteiger partial charge in [0.1, 0.15) is 5.82 Å². The number of nitrogens with zero attached hydrogens (tertiary/aromatic N) is 2. The van der Waals surface area contributed by atoms with E-state index in [2.05, 4.69) is 15.5 Å². The van der Waals surface area contributed by atoms with Gasteiger partial charge in [0.05, 0.1) is 0 Å². The number of nitrogens with two attached hydrogens (primary N) is 1. The normalized spacial score (nSPS) is 10.2. The van der Waals surface area contributed by atoms with E-state index in [1.165, 1.54) is 6.07 Å². The Hall–Kier alpha value is -1.99. The summed E-state index contributed by atoms with van der Waals surface area (Å²) in [6.45, 7) is 2.79. The van der Waals surface area contributed by atoms with E-state index in [9.17, 15) is 9.18 Å². The molecule has 0 radical (unpaired) electrons. The van der Waals surface area contributed by atoms with Crippen molar-refractivity contribution in [3.63, 3.8) is 0 Å². The molecule has 1 amide bonds. The number of aromatic nitrogens is 2. The highest BCUT2D eigenvalue weighted by atomic mass is 35.5. The van der Waals surface area contributed by atoms with Crippen LogP contribution in [0.15, 0.2) is 22.7 Å². The van der Waals surface area contributed by atoms with Crippen molar-refractivity contribution < 1.29 is 13.7 Å². The molecule has 0 saturated carbocycles. The molecule has 0 saturated heterocycles. The summed E-state index contributed by atoms with van der Waals surface area (Å²) in [5, 5.41) is 6.56. The number of hydrogen-bond acceptors (Lipinski definition) is 5. The first-order valence-electron chi connectivity index (χ1n) is 7.16. The van der Waals surface area contributed by atoms with Crippen LogP contribution in [0, 0.1) is 12.7 Å². The lowest BCUT2D eigenvalue weighted by atomic mass is 10.1. The number of carbonyl (C=O) groups is 1. The molecule has 23 heavy (non-hydrogen) atoms. The molecule has 2 rings (SSSR count). The minimum Gasteiger partial charge on any atom is -0.356 e. The van der Waals surface area contributed by atoms with Crippen LogP contribution in [-0.2, 0) is 11.2 Å². The van der Waals surface area contributed by atoms with Crippen LogP contribution in [0.25, 0.3) is 11.4 Å². The number of amides is 1. The van der Waals surface area contributed by atoms with Crippen LogP contribution >= 0.6 is 12.4 Å². The Kier molecular flexibility index (Phi) is 7.64. The van der Waals surface area contributed by atoms with Crippen molar-refractivity contribution in [2.45, 2.75) is 26.2 Å². The molecule has 0 atom stereocenters. The fraction of sp³-hybridized carbons (Fsp3) is 0.400. The molecule has 0 bridgehead atoms. The number of hydrogen-bond donors (Lipinski definition) is 2. The molecule has 1 aromatic carbocycles. The molecule has 0 fully saturated rings. The minimum atomic E-state index is -0.317. The Labute approximate surface area is 140 Å². The molecular formula is C15H20ClFN4O2. The van der Waals surface area contributed by atoms with Crippen molar-refractivity contribution >= 4 is 18.3 Å². The Bertz CT molecular complexity index is 648. The van der Waals surface area contributed by atoms with Gasteiger partial charge in [-0.3, -0.25) is 4.79 Å². The summed E-state index contributed by atoms with van der Waals surface area (Å²) in [4.78, 5) is 15.7. The van der Waals surface area contributed by atoms with Gasteiger partial charge < -0.3 is 15.6 Å². The summed E-state index contributed by atoms with van der Waals surface area (Å²) >= 11 is 0. The van der Waals surface area contributed by atoms with Gasteiger partial charge in [-0.1, -0.05) is 17.3 Å². The summed E-state index contributed by atoms with van der Waals surface area (Å²) in [7, 11) is 0. The zero-order chi connectivity index (χ0) is 15.9. The molecule has 0 unspecified atom stereocenters. The lowest BCUT2D eigenvalue weighted by Crippen LogP contribution is -2.26. The van der Waals surface area contributed by atoms with E-state index < -0.39 is 0 Å². The summed E-state index contributed by atoms with van der Waals surface area (Å²) < 4.78 is 18.6. The van der Waals surface area contributed by atoms with Crippen molar-refractivity contribution in [1.29, 1.82) is 0 Å². The van der Waals surface area contributed by atoms with Crippen molar-refractivity contribution in [2.75, 3.05) is 13.1 Å². The van der Waals surface area contributed by atoms with Crippen LogP contribution < -0.4 is 11.1 Å². The average molecular weight is 343 g/mol.